The van der Waals surface area contributed by atoms with Crippen LogP contribution in [0.15, 0.2) is 0 Å². The van der Waals surface area contributed by atoms with Crippen molar-refractivity contribution in [1.82, 2.24) is 9.80 Å². The SMILES string of the molecule is CN(CC1CCCN1C)CC(C)(C)C=O. The van der Waals surface area contributed by atoms with Crippen molar-refractivity contribution >= 4 is 6.29 Å². The molecule has 0 aromatic carbocycles. The number of likely N-dealkylation sites (N-methyl/N-ethyl adjacent to an activating group) is 2. The Labute approximate surface area is 93.4 Å². The molecule has 1 aliphatic heterocycles. The summed E-state index contributed by atoms with van der Waals surface area (Å²) in [5.74, 6) is 0. The van der Waals surface area contributed by atoms with Gasteiger partial charge in [-0.3, -0.25) is 0 Å². The van der Waals surface area contributed by atoms with Crippen LogP contribution in [0.3, 0.4) is 0 Å². The van der Waals surface area contributed by atoms with Gasteiger partial charge in [0.25, 0.3) is 0 Å². The molecular weight excluding hydrogens is 188 g/mol. The summed E-state index contributed by atoms with van der Waals surface area (Å²) in [6.45, 7) is 7.13. The van der Waals surface area contributed by atoms with Gasteiger partial charge in [0.15, 0.2) is 0 Å². The molecule has 0 aromatic heterocycles. The minimum atomic E-state index is -0.216. The van der Waals surface area contributed by atoms with E-state index in [1.54, 1.807) is 0 Å². The van der Waals surface area contributed by atoms with E-state index in [0.29, 0.717) is 6.04 Å². The molecule has 3 nitrogen and oxygen atoms in total. The molecule has 0 saturated carbocycles. The predicted molar refractivity (Wildman–Crippen MR) is 63.0 cm³/mol. The highest BCUT2D eigenvalue weighted by Gasteiger charge is 2.25. The molecule has 0 N–H and O–H groups in total. The van der Waals surface area contributed by atoms with Crippen molar-refractivity contribution in [2.45, 2.75) is 32.7 Å². The highest BCUT2D eigenvalue weighted by molar-refractivity contribution is 5.58. The topological polar surface area (TPSA) is 23.6 Å². The molecule has 3 heteroatoms. The Morgan fingerprint density at radius 3 is 2.67 bits per heavy atom. The summed E-state index contributed by atoms with van der Waals surface area (Å²) < 4.78 is 0. The molecule has 1 saturated heterocycles. The molecule has 0 bridgehead atoms. The third-order valence-electron chi connectivity index (χ3n) is 3.19. The lowest BCUT2D eigenvalue weighted by Crippen LogP contribution is -2.41. The Balaban J connectivity index is 2.35. The fraction of sp³-hybridized carbons (Fsp3) is 0.917. The van der Waals surface area contributed by atoms with Gasteiger partial charge in [0.05, 0.1) is 0 Å². The summed E-state index contributed by atoms with van der Waals surface area (Å²) in [6.07, 6.45) is 3.66. The van der Waals surface area contributed by atoms with E-state index in [9.17, 15) is 4.79 Å². The number of aldehydes is 1. The number of likely N-dealkylation sites (tertiary alicyclic amines) is 1. The Morgan fingerprint density at radius 2 is 2.20 bits per heavy atom. The first-order valence-electron chi connectivity index (χ1n) is 5.80. The van der Waals surface area contributed by atoms with Gasteiger partial charge in [-0.15, -0.1) is 0 Å². The number of carbonyl (C=O) groups is 1. The first-order chi connectivity index (χ1) is 6.94. The second kappa shape index (κ2) is 5.08. The zero-order valence-corrected chi connectivity index (χ0v) is 10.5. The first kappa shape index (κ1) is 12.7. The lowest BCUT2D eigenvalue weighted by molar-refractivity contribution is -0.115. The van der Waals surface area contributed by atoms with Crippen LogP contribution >= 0.6 is 0 Å². The quantitative estimate of drug-likeness (QED) is 0.641. The van der Waals surface area contributed by atoms with Gasteiger partial charge in [0, 0.05) is 24.5 Å². The average molecular weight is 212 g/mol. The normalized spacial score (nSPS) is 23.7. The minimum Gasteiger partial charge on any atom is -0.304 e. The third-order valence-corrected chi connectivity index (χ3v) is 3.19. The van der Waals surface area contributed by atoms with Crippen molar-refractivity contribution < 1.29 is 4.79 Å². The van der Waals surface area contributed by atoms with E-state index in [4.69, 9.17) is 0 Å². The monoisotopic (exact) mass is 212 g/mol. The van der Waals surface area contributed by atoms with E-state index in [0.717, 1.165) is 19.4 Å². The van der Waals surface area contributed by atoms with E-state index in [1.807, 2.05) is 13.8 Å². The lowest BCUT2D eigenvalue weighted by atomic mass is 9.95. The van der Waals surface area contributed by atoms with Gasteiger partial charge >= 0.3 is 0 Å². The molecule has 0 aromatic rings. The number of hydrogen-bond acceptors (Lipinski definition) is 3. The Hall–Kier alpha value is -0.410. The van der Waals surface area contributed by atoms with Crippen LogP contribution in [0.2, 0.25) is 0 Å². The van der Waals surface area contributed by atoms with Crippen molar-refractivity contribution in [2.24, 2.45) is 5.41 Å². The van der Waals surface area contributed by atoms with Crippen LogP contribution < -0.4 is 0 Å². The standard InChI is InChI=1S/C12H24N2O/c1-12(2,10-15)9-13(3)8-11-6-5-7-14(11)4/h10-11H,5-9H2,1-4H3. The van der Waals surface area contributed by atoms with Crippen molar-refractivity contribution in [3.05, 3.63) is 0 Å². The minimum absolute atomic E-state index is 0.216. The van der Waals surface area contributed by atoms with E-state index < -0.39 is 0 Å². The lowest BCUT2D eigenvalue weighted by Gasteiger charge is -2.29. The molecule has 1 unspecified atom stereocenters. The van der Waals surface area contributed by atoms with Gasteiger partial charge in [-0.25, -0.2) is 0 Å². The summed E-state index contributed by atoms with van der Waals surface area (Å²) in [5.41, 5.74) is -0.216. The number of hydrogen-bond donors (Lipinski definition) is 0. The van der Waals surface area contributed by atoms with Gasteiger partial charge in [0.1, 0.15) is 6.29 Å². The highest BCUT2D eigenvalue weighted by atomic mass is 16.1. The first-order valence-corrected chi connectivity index (χ1v) is 5.80. The molecule has 15 heavy (non-hydrogen) atoms. The smallest absolute Gasteiger partial charge is 0.126 e. The summed E-state index contributed by atoms with van der Waals surface area (Å²) in [5, 5.41) is 0. The predicted octanol–water partition coefficient (Wildman–Crippen LogP) is 1.24. The Morgan fingerprint density at radius 1 is 1.53 bits per heavy atom. The average Bonchev–Trinajstić information content (AvgIpc) is 2.51. The van der Waals surface area contributed by atoms with E-state index >= 15 is 0 Å². The van der Waals surface area contributed by atoms with Crippen molar-refractivity contribution in [1.29, 1.82) is 0 Å². The molecule has 1 fully saturated rings. The Kier molecular flexibility index (Phi) is 4.29. The maximum atomic E-state index is 10.8. The molecule has 88 valence electrons. The van der Waals surface area contributed by atoms with Crippen LogP contribution in [-0.4, -0.2) is 55.9 Å². The Bertz CT molecular complexity index is 216. The van der Waals surface area contributed by atoms with Crippen LogP contribution in [0.5, 0.6) is 0 Å². The summed E-state index contributed by atoms with van der Waals surface area (Å²) in [7, 11) is 4.30. The molecule has 1 rings (SSSR count). The van der Waals surface area contributed by atoms with E-state index in [2.05, 4.69) is 23.9 Å². The second-order valence-corrected chi connectivity index (χ2v) is 5.58. The summed E-state index contributed by atoms with van der Waals surface area (Å²) >= 11 is 0. The zero-order chi connectivity index (χ0) is 11.5. The van der Waals surface area contributed by atoms with Crippen LogP contribution in [0, 0.1) is 5.41 Å². The molecule has 0 radical (unpaired) electrons. The molecule has 0 spiro atoms. The van der Waals surface area contributed by atoms with Gasteiger partial charge in [0.2, 0.25) is 0 Å². The fourth-order valence-corrected chi connectivity index (χ4v) is 2.37. The molecule has 1 atom stereocenters. The van der Waals surface area contributed by atoms with Crippen molar-refractivity contribution in [3.8, 4) is 0 Å². The highest BCUT2D eigenvalue weighted by Crippen LogP contribution is 2.18. The number of rotatable bonds is 5. The van der Waals surface area contributed by atoms with Crippen molar-refractivity contribution in [2.75, 3.05) is 33.7 Å². The van der Waals surface area contributed by atoms with Gasteiger partial charge in [-0.05, 0) is 33.5 Å². The van der Waals surface area contributed by atoms with Crippen molar-refractivity contribution in [3.63, 3.8) is 0 Å². The summed E-state index contributed by atoms with van der Waals surface area (Å²) in [6, 6.07) is 0.678. The van der Waals surface area contributed by atoms with E-state index in [-0.39, 0.29) is 5.41 Å². The van der Waals surface area contributed by atoms with Crippen LogP contribution in [0.25, 0.3) is 0 Å². The molecule has 0 amide bonds. The maximum Gasteiger partial charge on any atom is 0.126 e. The van der Waals surface area contributed by atoms with Gasteiger partial charge in [-0.2, -0.15) is 0 Å². The van der Waals surface area contributed by atoms with Crippen LogP contribution in [-0.2, 0) is 4.79 Å². The molecule has 1 heterocycles. The largest absolute Gasteiger partial charge is 0.304 e. The van der Waals surface area contributed by atoms with Gasteiger partial charge < -0.3 is 14.6 Å². The van der Waals surface area contributed by atoms with Crippen LogP contribution in [0.1, 0.15) is 26.7 Å². The molecular formula is C12H24N2O. The van der Waals surface area contributed by atoms with E-state index in [1.165, 1.54) is 19.4 Å². The third kappa shape index (κ3) is 3.92. The number of carbonyl (C=O) groups excluding carboxylic acids is 1. The zero-order valence-electron chi connectivity index (χ0n) is 10.5. The van der Waals surface area contributed by atoms with Gasteiger partial charge in [-0.1, -0.05) is 13.8 Å². The number of nitrogens with zero attached hydrogens (tertiary/aromatic N) is 2. The fourth-order valence-electron chi connectivity index (χ4n) is 2.37. The maximum absolute atomic E-state index is 10.8. The molecule has 1 aliphatic rings. The summed E-state index contributed by atoms with van der Waals surface area (Å²) in [4.78, 5) is 15.5. The van der Waals surface area contributed by atoms with Crippen LogP contribution in [0.4, 0.5) is 0 Å². The second-order valence-electron chi connectivity index (χ2n) is 5.58. The molecule has 0 aliphatic carbocycles.